The number of hydrogen-bond donors (Lipinski definition) is 1. The Bertz CT molecular complexity index is 590. The van der Waals surface area contributed by atoms with Crippen molar-refractivity contribution in [2.24, 2.45) is 0 Å². The molecule has 0 saturated carbocycles. The molecule has 0 aromatic heterocycles. The Morgan fingerprint density at radius 1 is 1.30 bits per heavy atom. The molecular formula is C14H19ClN4O4. The number of nitro benzene ring substituents is 1. The van der Waals surface area contributed by atoms with Crippen molar-refractivity contribution in [1.82, 2.24) is 15.1 Å². The van der Waals surface area contributed by atoms with Crippen LogP contribution in [0.2, 0.25) is 0 Å². The van der Waals surface area contributed by atoms with Gasteiger partial charge in [0.25, 0.3) is 11.6 Å². The molecule has 1 aliphatic rings. The first-order valence-corrected chi connectivity index (χ1v) is 6.98. The summed E-state index contributed by atoms with van der Waals surface area (Å²) in [5.74, 6) is -0.688. The Balaban J connectivity index is 0.00000264. The fourth-order valence-corrected chi connectivity index (χ4v) is 2.31. The highest BCUT2D eigenvalue weighted by molar-refractivity contribution is 5.99. The molecule has 0 atom stereocenters. The van der Waals surface area contributed by atoms with Crippen LogP contribution in [0.15, 0.2) is 24.3 Å². The Labute approximate surface area is 140 Å². The van der Waals surface area contributed by atoms with Gasteiger partial charge in [-0.25, -0.2) is 0 Å². The van der Waals surface area contributed by atoms with Crippen LogP contribution >= 0.6 is 12.4 Å². The number of hydrogen-bond acceptors (Lipinski definition) is 5. The molecule has 8 nitrogen and oxygen atoms in total. The number of carbonyl (C=O) groups is 2. The summed E-state index contributed by atoms with van der Waals surface area (Å²) in [6, 6.07) is 5.73. The number of carbonyl (C=O) groups excluding carboxylic acids is 2. The molecule has 0 radical (unpaired) electrons. The zero-order valence-corrected chi connectivity index (χ0v) is 13.5. The monoisotopic (exact) mass is 342 g/mol. The van der Waals surface area contributed by atoms with E-state index >= 15 is 0 Å². The third-order valence-electron chi connectivity index (χ3n) is 3.52. The second-order valence-corrected chi connectivity index (χ2v) is 5.07. The van der Waals surface area contributed by atoms with E-state index in [0.29, 0.717) is 13.1 Å². The molecule has 2 rings (SSSR count). The largest absolute Gasteiger partial charge is 0.339 e. The van der Waals surface area contributed by atoms with Crippen LogP contribution < -0.4 is 5.32 Å². The lowest BCUT2D eigenvalue weighted by Gasteiger charge is -2.29. The molecule has 0 spiro atoms. The average molecular weight is 343 g/mol. The maximum atomic E-state index is 12.3. The third kappa shape index (κ3) is 4.64. The number of rotatable bonds is 4. The van der Waals surface area contributed by atoms with E-state index in [1.165, 1.54) is 30.1 Å². The summed E-state index contributed by atoms with van der Waals surface area (Å²) in [5, 5.41) is 14.1. The average Bonchev–Trinajstić information content (AvgIpc) is 2.54. The van der Waals surface area contributed by atoms with E-state index in [1.807, 2.05) is 0 Å². The maximum absolute atomic E-state index is 12.3. The fourth-order valence-electron chi connectivity index (χ4n) is 2.31. The zero-order valence-electron chi connectivity index (χ0n) is 12.7. The van der Waals surface area contributed by atoms with Crippen LogP contribution in [0.3, 0.4) is 0 Å². The van der Waals surface area contributed by atoms with E-state index < -0.39 is 10.8 Å². The van der Waals surface area contributed by atoms with E-state index in [1.54, 1.807) is 11.0 Å². The highest BCUT2D eigenvalue weighted by atomic mass is 35.5. The predicted molar refractivity (Wildman–Crippen MR) is 86.8 cm³/mol. The summed E-state index contributed by atoms with van der Waals surface area (Å²) in [6.45, 7) is 2.57. The summed E-state index contributed by atoms with van der Waals surface area (Å²) in [7, 11) is 1.47. The van der Waals surface area contributed by atoms with Gasteiger partial charge in [-0.3, -0.25) is 19.7 Å². The van der Waals surface area contributed by atoms with Gasteiger partial charge in [-0.1, -0.05) is 12.1 Å². The first kappa shape index (κ1) is 18.9. The van der Waals surface area contributed by atoms with Crippen LogP contribution in [0.5, 0.6) is 0 Å². The number of amides is 2. The molecule has 1 heterocycles. The molecule has 2 amide bonds. The van der Waals surface area contributed by atoms with Gasteiger partial charge in [-0.05, 0) is 6.07 Å². The van der Waals surface area contributed by atoms with Crippen LogP contribution in [-0.2, 0) is 4.79 Å². The van der Waals surface area contributed by atoms with Crippen LogP contribution in [0, 0.1) is 10.1 Å². The quantitative estimate of drug-likeness (QED) is 0.635. The molecule has 126 valence electrons. The van der Waals surface area contributed by atoms with E-state index in [9.17, 15) is 19.7 Å². The van der Waals surface area contributed by atoms with Crippen LogP contribution in [0.1, 0.15) is 10.4 Å². The number of halogens is 1. The smallest absolute Gasteiger partial charge is 0.282 e. The van der Waals surface area contributed by atoms with E-state index in [2.05, 4.69) is 5.32 Å². The minimum atomic E-state index is -0.598. The Morgan fingerprint density at radius 2 is 1.91 bits per heavy atom. The Morgan fingerprint density at radius 3 is 2.52 bits per heavy atom. The highest BCUT2D eigenvalue weighted by Gasteiger charge is 2.25. The SMILES string of the molecule is CN(CC(=O)N1CCNCC1)C(=O)c1ccccc1[N+](=O)[O-].Cl. The van der Waals surface area contributed by atoms with Crippen molar-refractivity contribution in [3.8, 4) is 0 Å². The van der Waals surface area contributed by atoms with Crippen molar-refractivity contribution in [3.63, 3.8) is 0 Å². The molecule has 1 N–H and O–H groups in total. The standard InChI is InChI=1S/C14H18N4O4.ClH/c1-16(10-13(19)17-8-6-15-7-9-17)14(20)11-4-2-3-5-12(11)18(21)22;/h2-5,15H,6-10H2,1H3;1H. The van der Waals surface area contributed by atoms with Gasteiger partial charge in [0.05, 0.1) is 11.5 Å². The fraction of sp³-hybridized carbons (Fsp3) is 0.429. The summed E-state index contributed by atoms with van der Waals surface area (Å²) < 4.78 is 0. The number of piperazine rings is 1. The summed E-state index contributed by atoms with van der Waals surface area (Å²) in [6.07, 6.45) is 0. The third-order valence-corrected chi connectivity index (χ3v) is 3.52. The van der Waals surface area contributed by atoms with Crippen LogP contribution in [-0.4, -0.2) is 66.3 Å². The number of nitrogens with zero attached hydrogens (tertiary/aromatic N) is 3. The van der Waals surface area contributed by atoms with Gasteiger partial charge in [-0.2, -0.15) is 0 Å². The minimum Gasteiger partial charge on any atom is -0.339 e. The van der Waals surface area contributed by atoms with Gasteiger partial charge in [0.1, 0.15) is 5.56 Å². The molecule has 1 saturated heterocycles. The first-order chi connectivity index (χ1) is 10.5. The molecule has 1 fully saturated rings. The van der Waals surface area contributed by atoms with Crippen molar-refractivity contribution < 1.29 is 14.5 Å². The van der Waals surface area contributed by atoms with Crippen molar-refractivity contribution in [3.05, 3.63) is 39.9 Å². The van der Waals surface area contributed by atoms with E-state index in [0.717, 1.165) is 13.1 Å². The zero-order chi connectivity index (χ0) is 16.1. The lowest BCUT2D eigenvalue weighted by atomic mass is 10.1. The second-order valence-electron chi connectivity index (χ2n) is 5.07. The van der Waals surface area contributed by atoms with E-state index in [4.69, 9.17) is 0 Å². The topological polar surface area (TPSA) is 95.8 Å². The van der Waals surface area contributed by atoms with Gasteiger partial charge < -0.3 is 15.1 Å². The molecular weight excluding hydrogens is 324 g/mol. The minimum absolute atomic E-state index is 0. The summed E-state index contributed by atoms with van der Waals surface area (Å²) in [4.78, 5) is 37.7. The molecule has 9 heteroatoms. The second kappa shape index (κ2) is 8.44. The number of para-hydroxylation sites is 1. The van der Waals surface area contributed by atoms with Gasteiger partial charge in [0.2, 0.25) is 5.91 Å². The molecule has 0 aliphatic carbocycles. The molecule has 1 aromatic rings. The van der Waals surface area contributed by atoms with Gasteiger partial charge in [-0.15, -0.1) is 12.4 Å². The molecule has 1 aliphatic heterocycles. The molecule has 0 bridgehead atoms. The molecule has 23 heavy (non-hydrogen) atoms. The number of nitro groups is 1. The van der Waals surface area contributed by atoms with E-state index in [-0.39, 0.29) is 36.1 Å². The molecule has 1 aromatic carbocycles. The van der Waals surface area contributed by atoms with Gasteiger partial charge >= 0.3 is 0 Å². The van der Waals surface area contributed by atoms with Crippen molar-refractivity contribution in [2.75, 3.05) is 39.8 Å². The van der Waals surface area contributed by atoms with Crippen LogP contribution in [0.25, 0.3) is 0 Å². The lowest BCUT2D eigenvalue weighted by molar-refractivity contribution is -0.385. The number of nitrogens with one attached hydrogen (secondary N) is 1. The Hall–Kier alpha value is -2.19. The predicted octanol–water partition coefficient (Wildman–Crippen LogP) is 0.520. The molecule has 0 unspecified atom stereocenters. The normalized spacial score (nSPS) is 13.9. The first-order valence-electron chi connectivity index (χ1n) is 6.98. The number of benzene rings is 1. The summed E-state index contributed by atoms with van der Waals surface area (Å²) in [5.41, 5.74) is -0.267. The van der Waals surface area contributed by atoms with Crippen molar-refractivity contribution in [1.29, 1.82) is 0 Å². The number of likely N-dealkylation sites (N-methyl/N-ethyl adjacent to an activating group) is 1. The Kier molecular flexibility index (Phi) is 6.92. The van der Waals surface area contributed by atoms with Crippen molar-refractivity contribution >= 4 is 29.9 Å². The summed E-state index contributed by atoms with van der Waals surface area (Å²) >= 11 is 0. The van der Waals surface area contributed by atoms with Crippen LogP contribution in [0.4, 0.5) is 5.69 Å². The lowest BCUT2D eigenvalue weighted by Crippen LogP contribution is -2.49. The maximum Gasteiger partial charge on any atom is 0.282 e. The van der Waals surface area contributed by atoms with Gasteiger partial charge in [0.15, 0.2) is 0 Å². The highest BCUT2D eigenvalue weighted by Crippen LogP contribution is 2.19. The van der Waals surface area contributed by atoms with Crippen molar-refractivity contribution in [2.45, 2.75) is 0 Å². The van der Waals surface area contributed by atoms with Gasteiger partial charge in [0, 0.05) is 39.3 Å².